The van der Waals surface area contributed by atoms with Gasteiger partial charge in [0.25, 0.3) is 0 Å². The van der Waals surface area contributed by atoms with Crippen LogP contribution < -0.4 is 0 Å². The fraction of sp³-hybridized carbons (Fsp3) is 0.750. The Balaban J connectivity index is 3.92. The van der Waals surface area contributed by atoms with Gasteiger partial charge < -0.3 is 9.47 Å². The number of hydrogen-bond acceptors (Lipinski definition) is 4. The highest BCUT2D eigenvalue weighted by molar-refractivity contribution is 5.84. The molecule has 4 heteroatoms. The Morgan fingerprint density at radius 3 is 2.00 bits per heavy atom. The second kappa shape index (κ2) is 4.87. The summed E-state index contributed by atoms with van der Waals surface area (Å²) in [6, 6.07) is 0. The minimum absolute atomic E-state index is 0.174. The molecule has 70 valence electrons. The summed E-state index contributed by atoms with van der Waals surface area (Å²) in [6.45, 7) is 4.47. The van der Waals surface area contributed by atoms with Crippen LogP contribution in [0.1, 0.15) is 20.8 Å². The maximum Gasteiger partial charge on any atom is 0.335 e. The second-order valence-electron chi connectivity index (χ2n) is 2.57. The number of Topliss-reactive ketones (excluding diaryl/α,β-unsaturated/α-hetero) is 1. The molecule has 12 heavy (non-hydrogen) atoms. The van der Waals surface area contributed by atoms with Crippen molar-refractivity contribution in [2.24, 2.45) is 0 Å². The number of rotatable bonds is 4. The largest absolute Gasteiger partial charge is 0.453 e. The lowest BCUT2D eigenvalue weighted by atomic mass is 10.3. The van der Waals surface area contributed by atoms with E-state index in [9.17, 15) is 9.59 Å². The fourth-order valence-electron chi connectivity index (χ4n) is 0.449. The molecule has 0 aromatic rings. The van der Waals surface area contributed by atoms with Crippen LogP contribution in [0, 0.1) is 0 Å². The number of methoxy groups -OCH3 is 1. The SMILES string of the molecule is COC(C)C(=O)OC(C)C(C)=O. The average molecular weight is 174 g/mol. The Kier molecular flexibility index (Phi) is 4.51. The van der Waals surface area contributed by atoms with Gasteiger partial charge in [-0.15, -0.1) is 0 Å². The zero-order valence-electron chi connectivity index (χ0n) is 7.79. The molecule has 0 bridgehead atoms. The minimum Gasteiger partial charge on any atom is -0.453 e. The van der Waals surface area contributed by atoms with Crippen LogP contribution >= 0.6 is 0 Å². The Labute approximate surface area is 71.8 Å². The van der Waals surface area contributed by atoms with Crippen molar-refractivity contribution in [3.05, 3.63) is 0 Å². The first-order valence-electron chi connectivity index (χ1n) is 3.72. The highest BCUT2D eigenvalue weighted by Crippen LogP contribution is 1.98. The number of esters is 1. The fourth-order valence-corrected chi connectivity index (χ4v) is 0.449. The zero-order valence-corrected chi connectivity index (χ0v) is 7.79. The van der Waals surface area contributed by atoms with E-state index in [0.717, 1.165) is 0 Å². The van der Waals surface area contributed by atoms with E-state index in [1.165, 1.54) is 21.0 Å². The highest BCUT2D eigenvalue weighted by Gasteiger charge is 2.18. The van der Waals surface area contributed by atoms with Gasteiger partial charge in [-0.05, 0) is 20.8 Å². The van der Waals surface area contributed by atoms with Crippen molar-refractivity contribution in [3.63, 3.8) is 0 Å². The van der Waals surface area contributed by atoms with E-state index in [1.807, 2.05) is 0 Å². The molecule has 2 atom stereocenters. The number of hydrogen-bond donors (Lipinski definition) is 0. The topological polar surface area (TPSA) is 52.6 Å². The average Bonchev–Trinajstić information content (AvgIpc) is 2.02. The van der Waals surface area contributed by atoms with Crippen molar-refractivity contribution in [1.29, 1.82) is 0 Å². The summed E-state index contributed by atoms with van der Waals surface area (Å²) in [5.41, 5.74) is 0. The first-order chi connectivity index (χ1) is 5.49. The number of ether oxygens (including phenoxy) is 2. The molecule has 0 rings (SSSR count). The third-order valence-corrected chi connectivity index (χ3v) is 1.55. The predicted molar refractivity (Wildman–Crippen MR) is 42.7 cm³/mol. The Morgan fingerprint density at radius 1 is 1.17 bits per heavy atom. The van der Waals surface area contributed by atoms with E-state index >= 15 is 0 Å². The van der Waals surface area contributed by atoms with E-state index in [4.69, 9.17) is 9.47 Å². The van der Waals surface area contributed by atoms with Crippen molar-refractivity contribution < 1.29 is 19.1 Å². The van der Waals surface area contributed by atoms with Crippen LogP contribution in [-0.2, 0) is 19.1 Å². The number of ketones is 1. The first kappa shape index (κ1) is 11.1. The van der Waals surface area contributed by atoms with Gasteiger partial charge in [0.15, 0.2) is 18.0 Å². The number of carbonyl (C=O) groups is 2. The predicted octanol–water partition coefficient (Wildman–Crippen LogP) is 0.542. The van der Waals surface area contributed by atoms with Crippen LogP contribution in [0.15, 0.2) is 0 Å². The molecule has 0 N–H and O–H groups in total. The lowest BCUT2D eigenvalue weighted by Gasteiger charge is -2.13. The first-order valence-corrected chi connectivity index (χ1v) is 3.72. The number of carbonyl (C=O) groups excluding carboxylic acids is 2. The molecule has 0 aromatic carbocycles. The van der Waals surface area contributed by atoms with Gasteiger partial charge in [-0.1, -0.05) is 0 Å². The van der Waals surface area contributed by atoms with Gasteiger partial charge in [0.05, 0.1) is 0 Å². The van der Waals surface area contributed by atoms with Gasteiger partial charge in [-0.25, -0.2) is 4.79 Å². The smallest absolute Gasteiger partial charge is 0.335 e. The lowest BCUT2D eigenvalue weighted by molar-refractivity contribution is -0.162. The summed E-state index contributed by atoms with van der Waals surface area (Å²) < 4.78 is 9.46. The molecule has 0 aliphatic rings. The molecule has 0 radical (unpaired) electrons. The molecule has 0 amide bonds. The van der Waals surface area contributed by atoms with Crippen LogP contribution in [0.5, 0.6) is 0 Å². The molecular weight excluding hydrogens is 160 g/mol. The summed E-state index contributed by atoms with van der Waals surface area (Å²) in [6.07, 6.45) is -1.30. The summed E-state index contributed by atoms with van der Waals surface area (Å²) in [5, 5.41) is 0. The van der Waals surface area contributed by atoms with Crippen molar-refractivity contribution in [3.8, 4) is 0 Å². The van der Waals surface area contributed by atoms with Crippen LogP contribution in [0.2, 0.25) is 0 Å². The molecule has 0 spiro atoms. The molecular formula is C8H14O4. The molecule has 0 heterocycles. The summed E-state index contributed by atoms with van der Waals surface area (Å²) in [4.78, 5) is 21.7. The third kappa shape index (κ3) is 3.48. The molecule has 0 saturated heterocycles. The van der Waals surface area contributed by atoms with Crippen molar-refractivity contribution in [2.45, 2.75) is 33.0 Å². The van der Waals surface area contributed by atoms with Crippen molar-refractivity contribution >= 4 is 11.8 Å². The van der Waals surface area contributed by atoms with E-state index in [1.54, 1.807) is 6.92 Å². The molecule has 0 fully saturated rings. The van der Waals surface area contributed by atoms with Crippen molar-refractivity contribution in [2.75, 3.05) is 7.11 Å². The van der Waals surface area contributed by atoms with Crippen LogP contribution in [0.25, 0.3) is 0 Å². The third-order valence-electron chi connectivity index (χ3n) is 1.55. The summed E-state index contributed by atoms with van der Waals surface area (Å²) in [5.74, 6) is -0.688. The molecule has 0 aliphatic carbocycles. The molecule has 2 unspecified atom stereocenters. The quantitative estimate of drug-likeness (QED) is 0.584. The molecule has 0 saturated carbocycles. The zero-order chi connectivity index (χ0) is 9.72. The minimum atomic E-state index is -0.685. The molecule has 4 nitrogen and oxygen atoms in total. The standard InChI is InChI=1S/C8H14O4/c1-5(9)6(2)12-8(10)7(3)11-4/h6-7H,1-4H3. The van der Waals surface area contributed by atoms with E-state index in [-0.39, 0.29) is 5.78 Å². The highest BCUT2D eigenvalue weighted by atomic mass is 16.6. The van der Waals surface area contributed by atoms with E-state index in [2.05, 4.69) is 0 Å². The van der Waals surface area contributed by atoms with Gasteiger partial charge in [-0.3, -0.25) is 4.79 Å². The maximum atomic E-state index is 11.0. The molecule has 0 aliphatic heterocycles. The van der Waals surface area contributed by atoms with Crippen LogP contribution in [-0.4, -0.2) is 31.1 Å². The Hall–Kier alpha value is -0.900. The normalized spacial score (nSPS) is 15.0. The van der Waals surface area contributed by atoms with E-state index in [0.29, 0.717) is 0 Å². The monoisotopic (exact) mass is 174 g/mol. The van der Waals surface area contributed by atoms with Gasteiger partial charge >= 0.3 is 5.97 Å². The summed E-state index contributed by atoms with van der Waals surface area (Å²) >= 11 is 0. The molecule has 0 aromatic heterocycles. The maximum absolute atomic E-state index is 11.0. The van der Waals surface area contributed by atoms with Gasteiger partial charge in [0.1, 0.15) is 0 Å². The van der Waals surface area contributed by atoms with E-state index < -0.39 is 18.2 Å². The summed E-state index contributed by atoms with van der Waals surface area (Å²) in [7, 11) is 1.41. The van der Waals surface area contributed by atoms with Crippen LogP contribution in [0.4, 0.5) is 0 Å². The lowest BCUT2D eigenvalue weighted by Crippen LogP contribution is -2.29. The Bertz CT molecular complexity index is 176. The van der Waals surface area contributed by atoms with Gasteiger partial charge in [0, 0.05) is 7.11 Å². The van der Waals surface area contributed by atoms with Crippen molar-refractivity contribution in [1.82, 2.24) is 0 Å². The Morgan fingerprint density at radius 2 is 1.67 bits per heavy atom. The van der Waals surface area contributed by atoms with Gasteiger partial charge in [0.2, 0.25) is 0 Å². The van der Waals surface area contributed by atoms with Crippen LogP contribution in [0.3, 0.4) is 0 Å². The second-order valence-corrected chi connectivity index (χ2v) is 2.57. The van der Waals surface area contributed by atoms with Gasteiger partial charge in [-0.2, -0.15) is 0 Å².